The molecule has 3 rings (SSSR count). The molecule has 13 nitrogen and oxygen atoms in total. The van der Waals surface area contributed by atoms with Crippen LogP contribution in [0.25, 0.3) is 10.9 Å². The zero-order valence-electron chi connectivity index (χ0n) is 24.5. The van der Waals surface area contributed by atoms with Gasteiger partial charge in [0.2, 0.25) is 23.6 Å². The summed E-state index contributed by atoms with van der Waals surface area (Å²) in [6.07, 6.45) is 0.917. The Hall–Kier alpha value is -4.56. The minimum absolute atomic E-state index is 0.0605. The summed E-state index contributed by atoms with van der Waals surface area (Å²) in [5.74, 6) is -2.81. The van der Waals surface area contributed by atoms with Crippen LogP contribution in [0.5, 0.6) is 5.75 Å². The number of hydrogen-bond donors (Lipinski definition) is 6. The van der Waals surface area contributed by atoms with Gasteiger partial charge >= 0.3 is 5.97 Å². The maximum atomic E-state index is 13.3. The second-order valence-corrected chi connectivity index (χ2v) is 10.6. The number of unbranched alkanes of at least 4 members (excludes halogenated alkanes) is 1. The molecule has 0 spiro atoms. The first-order valence-corrected chi connectivity index (χ1v) is 15.0. The van der Waals surface area contributed by atoms with Crippen LogP contribution in [0.4, 0.5) is 0 Å². The van der Waals surface area contributed by atoms with Crippen molar-refractivity contribution in [3.63, 3.8) is 0 Å². The smallest absolute Gasteiger partial charge is 0.307 e. The van der Waals surface area contributed by atoms with Crippen LogP contribution in [0.2, 0.25) is 5.02 Å². The third-order valence-electron chi connectivity index (χ3n) is 6.57. The van der Waals surface area contributed by atoms with Gasteiger partial charge in [-0.1, -0.05) is 11.6 Å². The molecule has 0 radical (unpaired) electrons. The van der Waals surface area contributed by atoms with Crippen LogP contribution in [0.1, 0.15) is 34.5 Å². The summed E-state index contributed by atoms with van der Waals surface area (Å²) in [6.45, 7) is 1.49. The summed E-state index contributed by atoms with van der Waals surface area (Å²) < 4.78 is 7.36. The predicted molar refractivity (Wildman–Crippen MR) is 170 cm³/mol. The molecule has 4 amide bonds. The van der Waals surface area contributed by atoms with Crippen LogP contribution in [0.3, 0.4) is 0 Å². The number of carboxylic acids is 1. The second kappa shape index (κ2) is 17.1. The summed E-state index contributed by atoms with van der Waals surface area (Å²) in [4.78, 5) is 71.4. The lowest BCUT2D eigenvalue weighted by Crippen LogP contribution is -2.44. The molecule has 0 atom stereocenters. The second-order valence-electron chi connectivity index (χ2n) is 9.85. The quantitative estimate of drug-likeness (QED) is 0.0986. The van der Waals surface area contributed by atoms with Gasteiger partial charge in [-0.15, -0.1) is 0 Å². The van der Waals surface area contributed by atoms with Crippen LogP contribution in [0, 0.1) is 6.92 Å². The first kappa shape index (κ1) is 34.9. The third-order valence-corrected chi connectivity index (χ3v) is 7.11. The summed E-state index contributed by atoms with van der Waals surface area (Å²) in [5, 5.41) is 20.3. The van der Waals surface area contributed by atoms with E-state index in [9.17, 15) is 33.9 Å². The summed E-state index contributed by atoms with van der Waals surface area (Å²) >= 11 is 9.73. The van der Waals surface area contributed by atoms with Gasteiger partial charge in [-0.25, -0.2) is 0 Å². The van der Waals surface area contributed by atoms with Crippen LogP contribution in [-0.4, -0.2) is 83.7 Å². The van der Waals surface area contributed by atoms with Gasteiger partial charge in [0.1, 0.15) is 5.75 Å². The maximum Gasteiger partial charge on any atom is 0.307 e. The van der Waals surface area contributed by atoms with Crippen molar-refractivity contribution in [1.29, 1.82) is 0 Å². The van der Waals surface area contributed by atoms with Gasteiger partial charge in [-0.05, 0) is 67.8 Å². The van der Waals surface area contributed by atoms with Crippen molar-refractivity contribution >= 4 is 70.6 Å². The number of hydrogen-bond acceptors (Lipinski definition) is 8. The first-order chi connectivity index (χ1) is 21.5. The van der Waals surface area contributed by atoms with Crippen LogP contribution < -0.4 is 26.0 Å². The number of ether oxygens (including phenoxy) is 1. The van der Waals surface area contributed by atoms with Crippen molar-refractivity contribution in [2.75, 3.05) is 38.5 Å². The van der Waals surface area contributed by atoms with Gasteiger partial charge in [0.25, 0.3) is 5.91 Å². The minimum Gasteiger partial charge on any atom is -0.494 e. The number of amides is 4. The van der Waals surface area contributed by atoms with E-state index in [1.165, 1.54) is 4.57 Å². The molecule has 0 bridgehead atoms. The Bertz CT molecular complexity index is 1570. The van der Waals surface area contributed by atoms with E-state index in [1.54, 1.807) is 49.4 Å². The lowest BCUT2D eigenvalue weighted by Gasteiger charge is -2.10. The minimum atomic E-state index is -1.03. The number of thiol groups is 1. The highest BCUT2D eigenvalue weighted by molar-refractivity contribution is 7.81. The van der Waals surface area contributed by atoms with E-state index in [2.05, 4.69) is 33.9 Å². The molecule has 0 fully saturated rings. The molecule has 0 saturated carbocycles. The summed E-state index contributed by atoms with van der Waals surface area (Å²) in [5.41, 5.74) is 2.01. The number of carbonyl (C=O) groups is 6. The van der Waals surface area contributed by atoms with Gasteiger partial charge < -0.3 is 31.1 Å². The number of halogens is 1. The highest BCUT2D eigenvalue weighted by Crippen LogP contribution is 2.31. The fourth-order valence-corrected chi connectivity index (χ4v) is 4.57. The highest BCUT2D eigenvalue weighted by Gasteiger charge is 2.22. The summed E-state index contributed by atoms with van der Waals surface area (Å²) in [7, 11) is 0. The van der Waals surface area contributed by atoms with Crippen molar-refractivity contribution < 1.29 is 38.6 Å². The van der Waals surface area contributed by atoms with E-state index >= 15 is 0 Å². The Kier molecular flexibility index (Phi) is 13.2. The molecular formula is C30H34ClN5O8S. The van der Waals surface area contributed by atoms with Gasteiger partial charge in [-0.2, -0.15) is 12.6 Å². The Morgan fingerprint density at radius 3 is 2.04 bits per heavy atom. The van der Waals surface area contributed by atoms with Crippen LogP contribution >= 0.6 is 24.2 Å². The molecule has 5 N–H and O–H groups in total. The van der Waals surface area contributed by atoms with Crippen molar-refractivity contribution in [1.82, 2.24) is 25.8 Å². The lowest BCUT2D eigenvalue weighted by molar-refractivity contribution is -0.136. The zero-order valence-corrected chi connectivity index (χ0v) is 26.1. The Labute approximate surface area is 269 Å². The Morgan fingerprint density at radius 2 is 1.44 bits per heavy atom. The molecule has 3 aromatic rings. The topological polar surface area (TPSA) is 185 Å². The molecule has 2 aromatic carbocycles. The number of carboxylic acid groups (broad SMARTS) is 1. The number of fused-ring (bicyclic) bond motifs is 1. The molecule has 1 heterocycles. The van der Waals surface area contributed by atoms with Gasteiger partial charge in [0.05, 0.1) is 43.9 Å². The number of aliphatic carboxylic acids is 1. The van der Waals surface area contributed by atoms with Gasteiger partial charge in [0, 0.05) is 28.2 Å². The predicted octanol–water partition coefficient (Wildman–Crippen LogP) is 1.47. The standard InChI is InChI=1S/C30H34ClN5O8S/c1-18-22(13-29(41)42)23-12-21(8-9-24(23)36(18)30(43)19-4-6-20(31)7-5-19)44-11-3-2-10-32-25(37)14-33-26(38)15-34-27(39)16-35-28(40)17-45/h4-9,12,45H,2-3,10-11,13-17H2,1H3,(H,32,37)(H,33,38)(H,34,39)(H,35,40)(H,41,42). The molecular weight excluding hydrogens is 626 g/mol. The average molecular weight is 660 g/mol. The molecule has 0 aliphatic rings. The zero-order chi connectivity index (χ0) is 32.9. The Morgan fingerprint density at radius 1 is 0.844 bits per heavy atom. The van der Waals surface area contributed by atoms with E-state index in [1.807, 2.05) is 0 Å². The van der Waals surface area contributed by atoms with Gasteiger partial charge in [0.15, 0.2) is 0 Å². The fourth-order valence-electron chi connectivity index (χ4n) is 4.33. The number of carbonyl (C=O) groups excluding carboxylic acids is 5. The normalized spacial score (nSPS) is 10.6. The van der Waals surface area contributed by atoms with Crippen molar-refractivity contribution in [3.05, 3.63) is 64.3 Å². The molecule has 0 saturated heterocycles. The van der Waals surface area contributed by atoms with Crippen molar-refractivity contribution in [2.24, 2.45) is 0 Å². The number of nitrogens with zero attached hydrogens (tertiary/aromatic N) is 1. The van der Waals surface area contributed by atoms with Crippen molar-refractivity contribution in [3.8, 4) is 5.75 Å². The van der Waals surface area contributed by atoms with E-state index < -0.39 is 29.6 Å². The van der Waals surface area contributed by atoms with E-state index in [0.29, 0.717) is 64.5 Å². The van der Waals surface area contributed by atoms with Gasteiger partial charge in [-0.3, -0.25) is 33.3 Å². The monoisotopic (exact) mass is 659 g/mol. The largest absolute Gasteiger partial charge is 0.494 e. The molecule has 1 aromatic heterocycles. The lowest BCUT2D eigenvalue weighted by atomic mass is 10.1. The average Bonchev–Trinajstić information content (AvgIpc) is 3.28. The molecule has 0 unspecified atom stereocenters. The fraction of sp³-hybridized carbons (Fsp3) is 0.333. The molecule has 0 aliphatic carbocycles. The molecule has 45 heavy (non-hydrogen) atoms. The van der Waals surface area contributed by atoms with E-state index in [-0.39, 0.29) is 37.7 Å². The van der Waals surface area contributed by atoms with E-state index in [0.717, 1.165) is 0 Å². The Balaban J connectivity index is 1.45. The van der Waals surface area contributed by atoms with Crippen LogP contribution in [-0.2, 0) is 30.4 Å². The van der Waals surface area contributed by atoms with E-state index in [4.69, 9.17) is 16.3 Å². The first-order valence-electron chi connectivity index (χ1n) is 14.0. The number of nitrogens with one attached hydrogen (secondary N) is 4. The van der Waals surface area contributed by atoms with Crippen LogP contribution in [0.15, 0.2) is 42.5 Å². The number of aromatic nitrogens is 1. The maximum absolute atomic E-state index is 13.3. The number of rotatable bonds is 16. The molecule has 0 aliphatic heterocycles. The highest BCUT2D eigenvalue weighted by atomic mass is 35.5. The van der Waals surface area contributed by atoms with Crippen molar-refractivity contribution in [2.45, 2.75) is 26.2 Å². The molecule has 240 valence electrons. The molecule has 15 heteroatoms. The number of benzene rings is 2. The summed E-state index contributed by atoms with van der Waals surface area (Å²) in [6, 6.07) is 11.6. The SMILES string of the molecule is Cc1c(CC(=O)O)c2cc(OCCCCNC(=O)CNC(=O)CNC(=O)CNC(=O)CS)ccc2n1C(=O)c1ccc(Cl)cc1. The third kappa shape index (κ3) is 10.5.